The second-order valence-electron chi connectivity index (χ2n) is 20.4. The van der Waals surface area contributed by atoms with Crippen molar-refractivity contribution in [3.05, 3.63) is 300 Å². The van der Waals surface area contributed by atoms with E-state index in [1.807, 2.05) is 6.08 Å². The van der Waals surface area contributed by atoms with Crippen molar-refractivity contribution in [2.75, 3.05) is 4.90 Å². The highest BCUT2D eigenvalue weighted by Crippen LogP contribution is 2.64. The topological polar surface area (TPSA) is 3.24 Å². The Morgan fingerprint density at radius 2 is 0.712 bits per heavy atom. The van der Waals surface area contributed by atoms with Gasteiger partial charge in [-0.05, 0) is 171 Å². The fraction of sp³-hybridized carbons (Fsp3) is 0.0556. The molecule has 0 bridgehead atoms. The average molecular weight is 930 g/mol. The van der Waals surface area contributed by atoms with Gasteiger partial charge < -0.3 is 4.90 Å². The predicted molar refractivity (Wildman–Crippen MR) is 307 cm³/mol. The van der Waals surface area contributed by atoms with E-state index < -0.39 is 5.41 Å². The van der Waals surface area contributed by atoms with Gasteiger partial charge in [0.15, 0.2) is 0 Å². The molecule has 11 aromatic carbocycles. The van der Waals surface area contributed by atoms with Crippen LogP contribution in [0.25, 0.3) is 84.0 Å². The summed E-state index contributed by atoms with van der Waals surface area (Å²) in [6.45, 7) is 8.81. The Labute approximate surface area is 428 Å². The van der Waals surface area contributed by atoms with Crippen LogP contribution in [0.15, 0.2) is 261 Å². The molecule has 14 rings (SSSR count). The molecule has 1 unspecified atom stereocenters. The lowest BCUT2D eigenvalue weighted by Gasteiger charge is -2.31. The SMILES string of the molecule is C=Cc1cccc(-c2ccc3c(c2)C2(c4ccccc4-3)c3ccccc3-c3ccc(-c4ccccc4-c4cccc(N(c5ccc(-c6ccccc6)cc5)c5ccc6c(c5)C(C)(C)c5ccccc5-6)c4)cc32)c1. The predicted octanol–water partition coefficient (Wildman–Crippen LogP) is 19.1. The van der Waals surface area contributed by atoms with Crippen LogP contribution in [0, 0.1) is 0 Å². The van der Waals surface area contributed by atoms with Crippen molar-refractivity contribution in [2.45, 2.75) is 24.7 Å². The summed E-state index contributed by atoms with van der Waals surface area (Å²) in [6, 6.07) is 95.1. The number of hydrogen-bond acceptors (Lipinski definition) is 1. The molecule has 0 amide bonds. The summed E-state index contributed by atoms with van der Waals surface area (Å²) in [6.07, 6.45) is 1.93. The molecule has 0 aromatic heterocycles. The number of fused-ring (bicyclic) bond motifs is 13. The van der Waals surface area contributed by atoms with E-state index in [1.165, 1.54) is 106 Å². The molecule has 344 valence electrons. The lowest BCUT2D eigenvalue weighted by molar-refractivity contribution is 0.660. The van der Waals surface area contributed by atoms with Crippen molar-refractivity contribution in [1.82, 2.24) is 0 Å². The van der Waals surface area contributed by atoms with E-state index >= 15 is 0 Å². The van der Waals surface area contributed by atoms with Gasteiger partial charge in [0.05, 0.1) is 5.41 Å². The molecule has 0 saturated heterocycles. The minimum absolute atomic E-state index is 0.135. The number of nitrogens with zero attached hydrogens (tertiary/aromatic N) is 1. The first-order valence-corrected chi connectivity index (χ1v) is 25.5. The van der Waals surface area contributed by atoms with E-state index in [-0.39, 0.29) is 5.41 Å². The van der Waals surface area contributed by atoms with Crippen molar-refractivity contribution < 1.29 is 0 Å². The molecule has 0 radical (unpaired) electrons. The zero-order chi connectivity index (χ0) is 48.8. The first-order chi connectivity index (χ1) is 35.9. The smallest absolute Gasteiger partial charge is 0.0725 e. The molecule has 0 fully saturated rings. The molecule has 0 N–H and O–H groups in total. The molecule has 11 aromatic rings. The zero-order valence-corrected chi connectivity index (χ0v) is 41.0. The maximum Gasteiger partial charge on any atom is 0.0725 e. The highest BCUT2D eigenvalue weighted by Gasteiger charge is 2.52. The van der Waals surface area contributed by atoms with Crippen molar-refractivity contribution in [1.29, 1.82) is 0 Å². The molecule has 3 aliphatic rings. The second kappa shape index (κ2) is 16.5. The van der Waals surface area contributed by atoms with Gasteiger partial charge in [0, 0.05) is 22.5 Å². The maximum absolute atomic E-state index is 4.08. The van der Waals surface area contributed by atoms with Gasteiger partial charge in [-0.15, -0.1) is 0 Å². The summed E-state index contributed by atoms with van der Waals surface area (Å²) < 4.78 is 0. The van der Waals surface area contributed by atoms with Gasteiger partial charge >= 0.3 is 0 Å². The Balaban J connectivity index is 0.919. The molecule has 1 spiro atoms. The monoisotopic (exact) mass is 929 g/mol. The third-order valence-electron chi connectivity index (χ3n) is 16.3. The van der Waals surface area contributed by atoms with Crippen LogP contribution >= 0.6 is 0 Å². The first-order valence-electron chi connectivity index (χ1n) is 25.5. The maximum atomic E-state index is 4.08. The van der Waals surface area contributed by atoms with E-state index in [4.69, 9.17) is 0 Å². The van der Waals surface area contributed by atoms with Gasteiger partial charge in [-0.3, -0.25) is 0 Å². The van der Waals surface area contributed by atoms with E-state index in [0.717, 1.165) is 28.2 Å². The first kappa shape index (κ1) is 42.8. The number of rotatable bonds is 8. The van der Waals surface area contributed by atoms with E-state index in [9.17, 15) is 0 Å². The van der Waals surface area contributed by atoms with Crippen molar-refractivity contribution in [3.8, 4) is 77.9 Å². The lowest BCUT2D eigenvalue weighted by atomic mass is 9.70. The molecule has 3 aliphatic carbocycles. The van der Waals surface area contributed by atoms with Crippen molar-refractivity contribution in [2.24, 2.45) is 0 Å². The normalized spacial score (nSPS) is 14.9. The Hall–Kier alpha value is -9.04. The van der Waals surface area contributed by atoms with Crippen LogP contribution in [-0.4, -0.2) is 0 Å². The van der Waals surface area contributed by atoms with Crippen LogP contribution in [0.5, 0.6) is 0 Å². The van der Waals surface area contributed by atoms with Gasteiger partial charge in [-0.2, -0.15) is 0 Å². The lowest BCUT2D eigenvalue weighted by Crippen LogP contribution is -2.26. The molecule has 1 nitrogen and oxygen atoms in total. The molecular formula is C72H51N. The van der Waals surface area contributed by atoms with E-state index in [2.05, 4.69) is 280 Å². The van der Waals surface area contributed by atoms with E-state index in [1.54, 1.807) is 0 Å². The summed E-state index contributed by atoms with van der Waals surface area (Å²) in [7, 11) is 0. The standard InChI is InChI=1S/C72H51N/c1-4-47-18-16-21-50(42-47)51-34-39-63-60-27-11-14-30-66(60)72(69(63)44-51)67-31-15-12-28-61(67)64-40-35-53(45-70(64)72)58-25-9-8-24-57(58)52-22-17-23-55(43-52)73(54-36-32-49(33-37-54)48-19-6-5-7-20-48)56-38-41-62-59-26-10-13-29-65(59)71(2,3)68(62)46-56/h4-46H,1H2,2-3H3. The van der Waals surface area contributed by atoms with Crippen LogP contribution in [0.2, 0.25) is 0 Å². The van der Waals surface area contributed by atoms with E-state index in [0.29, 0.717) is 0 Å². The highest BCUT2D eigenvalue weighted by atomic mass is 15.1. The summed E-state index contributed by atoms with van der Waals surface area (Å²) >= 11 is 0. The molecular weight excluding hydrogens is 879 g/mol. The quantitative estimate of drug-likeness (QED) is 0.147. The summed E-state index contributed by atoms with van der Waals surface area (Å²) in [5.41, 5.74) is 29.2. The molecule has 1 atom stereocenters. The largest absolute Gasteiger partial charge is 0.310 e. The van der Waals surface area contributed by atoms with Crippen LogP contribution in [-0.2, 0) is 10.8 Å². The van der Waals surface area contributed by atoms with Crippen molar-refractivity contribution >= 4 is 23.1 Å². The summed E-state index contributed by atoms with van der Waals surface area (Å²) in [4.78, 5) is 2.44. The van der Waals surface area contributed by atoms with Crippen LogP contribution < -0.4 is 4.90 Å². The number of hydrogen-bond donors (Lipinski definition) is 0. The molecule has 73 heavy (non-hydrogen) atoms. The Morgan fingerprint density at radius 3 is 1.38 bits per heavy atom. The molecule has 0 aliphatic heterocycles. The third kappa shape index (κ3) is 6.48. The summed E-state index contributed by atoms with van der Waals surface area (Å²) in [5.74, 6) is 0. The van der Waals surface area contributed by atoms with Crippen LogP contribution in [0.4, 0.5) is 17.1 Å². The minimum Gasteiger partial charge on any atom is -0.310 e. The number of anilines is 3. The van der Waals surface area contributed by atoms with Gasteiger partial charge in [0.1, 0.15) is 0 Å². The van der Waals surface area contributed by atoms with Gasteiger partial charge in [0.2, 0.25) is 0 Å². The molecule has 0 heterocycles. The Kier molecular flexibility index (Phi) is 9.69. The molecule has 0 saturated carbocycles. The third-order valence-corrected chi connectivity index (χ3v) is 16.3. The zero-order valence-electron chi connectivity index (χ0n) is 41.0. The molecule has 1 heteroatoms. The Morgan fingerprint density at radius 1 is 0.288 bits per heavy atom. The average Bonchev–Trinajstić information content (AvgIpc) is 4.01. The second-order valence-corrected chi connectivity index (χ2v) is 20.4. The Bertz CT molecular complexity index is 4010. The summed E-state index contributed by atoms with van der Waals surface area (Å²) in [5, 5.41) is 0. The van der Waals surface area contributed by atoms with Crippen molar-refractivity contribution in [3.63, 3.8) is 0 Å². The minimum atomic E-state index is -0.503. The van der Waals surface area contributed by atoms with Gasteiger partial charge in [-0.25, -0.2) is 0 Å². The van der Waals surface area contributed by atoms with Crippen LogP contribution in [0.3, 0.4) is 0 Å². The van der Waals surface area contributed by atoms with Gasteiger partial charge in [-0.1, -0.05) is 227 Å². The fourth-order valence-electron chi connectivity index (χ4n) is 12.8. The fourth-order valence-corrected chi connectivity index (χ4v) is 12.8. The van der Waals surface area contributed by atoms with Crippen LogP contribution in [0.1, 0.15) is 52.8 Å². The highest BCUT2D eigenvalue weighted by molar-refractivity contribution is 5.98. The van der Waals surface area contributed by atoms with Gasteiger partial charge in [0.25, 0.3) is 0 Å². The number of benzene rings is 11.